The van der Waals surface area contributed by atoms with Crippen molar-refractivity contribution in [2.75, 3.05) is 0 Å². The van der Waals surface area contributed by atoms with Crippen molar-refractivity contribution in [3.05, 3.63) is 107 Å². The van der Waals surface area contributed by atoms with Crippen LogP contribution in [0.5, 0.6) is 23.0 Å². The molecule has 7 heteroatoms. The quantitative estimate of drug-likeness (QED) is 0.122. The molecule has 4 aromatic carbocycles. The predicted molar refractivity (Wildman–Crippen MR) is 159 cm³/mol. The van der Waals surface area contributed by atoms with Crippen molar-refractivity contribution in [2.24, 2.45) is 0 Å². The van der Waals surface area contributed by atoms with Crippen molar-refractivity contribution in [3.63, 3.8) is 0 Å². The Kier molecular flexibility index (Phi) is 9.01. The van der Waals surface area contributed by atoms with Crippen LogP contribution in [0.1, 0.15) is 43.0 Å². The molecule has 0 fully saturated rings. The Morgan fingerprint density at radius 2 is 1.07 bits per heavy atom. The maximum atomic E-state index is 12.7. The van der Waals surface area contributed by atoms with E-state index < -0.39 is 20.4 Å². The van der Waals surface area contributed by atoms with E-state index in [4.69, 9.17) is 23.0 Å². The van der Waals surface area contributed by atoms with E-state index in [0.717, 1.165) is 27.8 Å². The van der Waals surface area contributed by atoms with Crippen molar-refractivity contribution in [1.82, 2.24) is 0 Å². The summed E-state index contributed by atoms with van der Waals surface area (Å²) in [6.07, 6.45) is -0.769. The number of ether oxygens (including phenoxy) is 2. The van der Waals surface area contributed by atoms with E-state index in [-0.39, 0.29) is 0 Å². The van der Waals surface area contributed by atoms with E-state index in [1.54, 1.807) is 20.8 Å². The zero-order valence-corrected chi connectivity index (χ0v) is 24.9. The SMILES string of the molecule is Cc1cc(C)c(OC(=O)OC(C)(C)C)c(-c2cc(C)cc(C)c2OP(Oc2ccccc2)Oc2ccccc2)c1. The van der Waals surface area contributed by atoms with Gasteiger partial charge in [-0.25, -0.2) is 4.79 Å². The van der Waals surface area contributed by atoms with Crippen LogP contribution in [0.25, 0.3) is 11.1 Å². The highest BCUT2D eigenvalue weighted by Gasteiger charge is 2.27. The number of aryl methyl sites for hydroxylation is 4. The lowest BCUT2D eigenvalue weighted by Crippen LogP contribution is -2.26. The van der Waals surface area contributed by atoms with E-state index in [9.17, 15) is 4.79 Å². The van der Waals surface area contributed by atoms with E-state index in [1.807, 2.05) is 113 Å². The molecule has 0 N–H and O–H groups in total. The Morgan fingerprint density at radius 3 is 1.55 bits per heavy atom. The molecule has 0 unspecified atom stereocenters. The monoisotopic (exact) mass is 558 g/mol. The summed E-state index contributed by atoms with van der Waals surface area (Å²) in [6, 6.07) is 26.8. The minimum atomic E-state index is -1.91. The summed E-state index contributed by atoms with van der Waals surface area (Å²) in [7, 11) is -1.91. The second-order valence-corrected chi connectivity index (χ2v) is 11.6. The van der Waals surface area contributed by atoms with Gasteiger partial charge < -0.3 is 23.0 Å². The Balaban J connectivity index is 1.79. The van der Waals surface area contributed by atoms with E-state index >= 15 is 0 Å². The number of rotatable bonds is 8. The second kappa shape index (κ2) is 12.4. The highest BCUT2D eigenvalue weighted by atomic mass is 31.2. The van der Waals surface area contributed by atoms with Crippen LogP contribution in [0.3, 0.4) is 0 Å². The first-order valence-electron chi connectivity index (χ1n) is 13.1. The molecule has 40 heavy (non-hydrogen) atoms. The maximum absolute atomic E-state index is 12.7. The Hall–Kier alpha value is -4.02. The van der Waals surface area contributed by atoms with Gasteiger partial charge in [0.25, 0.3) is 0 Å². The van der Waals surface area contributed by atoms with Gasteiger partial charge in [-0.15, -0.1) is 0 Å². The standard InChI is InChI=1S/C33H35O6P/c1-22-18-24(3)30(35-32(34)36-33(5,6)7)28(20-22)29-21-23(2)19-25(4)31(29)39-40(37-26-14-10-8-11-15-26)38-27-16-12-9-13-17-27/h8-21H,1-7H3. The number of carbonyl (C=O) groups is 1. The molecule has 0 aliphatic carbocycles. The number of benzene rings is 4. The normalized spacial score (nSPS) is 11.2. The molecule has 0 aliphatic rings. The molecule has 0 saturated carbocycles. The molecular formula is C33H35O6P. The fourth-order valence-corrected chi connectivity index (χ4v) is 5.28. The first-order chi connectivity index (χ1) is 19.0. The zero-order valence-electron chi connectivity index (χ0n) is 24.0. The Morgan fingerprint density at radius 1 is 0.625 bits per heavy atom. The Bertz CT molecular complexity index is 1420. The maximum Gasteiger partial charge on any atom is 0.530 e. The minimum Gasteiger partial charge on any atom is -0.428 e. The van der Waals surface area contributed by atoms with Crippen LogP contribution in [0.15, 0.2) is 84.9 Å². The molecule has 0 amide bonds. The average Bonchev–Trinajstić information content (AvgIpc) is 2.87. The third-order valence-corrected chi connectivity index (χ3v) is 6.77. The summed E-state index contributed by atoms with van der Waals surface area (Å²) in [5.41, 5.74) is 4.50. The molecule has 0 atom stereocenters. The molecule has 0 bridgehead atoms. The van der Waals surface area contributed by atoms with Crippen LogP contribution in [0, 0.1) is 27.7 Å². The summed E-state index contributed by atoms with van der Waals surface area (Å²) in [5, 5.41) is 0. The van der Waals surface area contributed by atoms with Crippen LogP contribution in [-0.4, -0.2) is 11.8 Å². The number of carbonyl (C=O) groups excluding carboxylic acids is 1. The van der Waals surface area contributed by atoms with E-state index in [0.29, 0.717) is 28.6 Å². The molecular weight excluding hydrogens is 523 g/mol. The fraction of sp³-hybridized carbons (Fsp3) is 0.242. The van der Waals surface area contributed by atoms with Crippen molar-refractivity contribution in [2.45, 2.75) is 54.1 Å². The second-order valence-electron chi connectivity index (χ2n) is 10.6. The molecule has 0 aliphatic heterocycles. The van der Waals surface area contributed by atoms with Crippen molar-refractivity contribution >= 4 is 14.8 Å². The van der Waals surface area contributed by atoms with E-state index in [2.05, 4.69) is 0 Å². The van der Waals surface area contributed by atoms with Crippen LogP contribution >= 0.6 is 8.60 Å². The van der Waals surface area contributed by atoms with Gasteiger partial charge in [-0.3, -0.25) is 0 Å². The summed E-state index contributed by atoms with van der Waals surface area (Å²) in [4.78, 5) is 12.7. The van der Waals surface area contributed by atoms with Crippen molar-refractivity contribution in [1.29, 1.82) is 0 Å². The molecule has 0 radical (unpaired) electrons. The topological polar surface area (TPSA) is 63.2 Å². The van der Waals surface area contributed by atoms with E-state index in [1.165, 1.54) is 0 Å². The zero-order chi connectivity index (χ0) is 28.9. The predicted octanol–water partition coefficient (Wildman–Crippen LogP) is 9.66. The minimum absolute atomic E-state index is 0.409. The van der Waals surface area contributed by atoms with Crippen molar-refractivity contribution < 1.29 is 27.8 Å². The van der Waals surface area contributed by atoms with Crippen LogP contribution in [0.4, 0.5) is 4.79 Å². The number of para-hydroxylation sites is 2. The molecule has 208 valence electrons. The molecule has 0 aromatic heterocycles. The smallest absolute Gasteiger partial charge is 0.428 e. The molecule has 0 spiro atoms. The highest BCUT2D eigenvalue weighted by Crippen LogP contribution is 2.48. The first-order valence-corrected chi connectivity index (χ1v) is 14.2. The lowest BCUT2D eigenvalue weighted by Gasteiger charge is -2.23. The van der Waals surface area contributed by atoms with Gasteiger partial charge in [0.15, 0.2) is 0 Å². The number of hydrogen-bond acceptors (Lipinski definition) is 6. The van der Waals surface area contributed by atoms with Crippen molar-refractivity contribution in [3.8, 4) is 34.1 Å². The van der Waals surface area contributed by atoms with Crippen LogP contribution in [-0.2, 0) is 4.74 Å². The molecule has 4 rings (SSSR count). The summed E-state index contributed by atoms with van der Waals surface area (Å²) >= 11 is 0. The van der Waals surface area contributed by atoms with Gasteiger partial charge >= 0.3 is 14.8 Å². The molecule has 4 aromatic rings. The fourth-order valence-electron chi connectivity index (χ4n) is 4.18. The summed E-state index contributed by atoms with van der Waals surface area (Å²) in [6.45, 7) is 13.3. The average molecular weight is 559 g/mol. The molecule has 6 nitrogen and oxygen atoms in total. The van der Waals surface area contributed by atoms with Gasteiger partial charge in [0.05, 0.1) is 0 Å². The van der Waals surface area contributed by atoms with Gasteiger partial charge in [-0.05, 0) is 107 Å². The first kappa shape index (κ1) is 29.0. The molecule has 0 saturated heterocycles. The van der Waals surface area contributed by atoms with Gasteiger partial charge in [0.2, 0.25) is 0 Å². The Labute approximate surface area is 237 Å². The van der Waals surface area contributed by atoms with Crippen LogP contribution < -0.4 is 18.3 Å². The largest absolute Gasteiger partial charge is 0.530 e. The summed E-state index contributed by atoms with van der Waals surface area (Å²) < 4.78 is 30.3. The third kappa shape index (κ3) is 7.77. The van der Waals surface area contributed by atoms with Gasteiger partial charge in [0, 0.05) is 11.1 Å². The summed E-state index contributed by atoms with van der Waals surface area (Å²) in [5.74, 6) is 2.22. The third-order valence-electron chi connectivity index (χ3n) is 5.72. The van der Waals surface area contributed by atoms with Gasteiger partial charge in [-0.1, -0.05) is 48.5 Å². The lowest BCUT2D eigenvalue weighted by atomic mass is 9.95. The highest BCUT2D eigenvalue weighted by molar-refractivity contribution is 7.43. The molecule has 0 heterocycles. The number of hydrogen-bond donors (Lipinski definition) is 0. The van der Waals surface area contributed by atoms with Gasteiger partial charge in [0.1, 0.15) is 28.6 Å². The lowest BCUT2D eigenvalue weighted by molar-refractivity contribution is 0.0205. The van der Waals surface area contributed by atoms with Gasteiger partial charge in [-0.2, -0.15) is 0 Å². The van der Waals surface area contributed by atoms with Crippen LogP contribution in [0.2, 0.25) is 0 Å².